The molecular weight excluding hydrogens is 697 g/mol. The Labute approximate surface area is 320 Å². The second-order valence-corrected chi connectivity index (χ2v) is 15.8. The number of nitrogens with one attached hydrogen (secondary N) is 3. The number of fused-ring (bicyclic) bond motifs is 5. The Morgan fingerprint density at radius 3 is 1.96 bits per heavy atom. The number of likely N-dealkylation sites (tertiary alicyclic amines) is 2. The maximum absolute atomic E-state index is 13.7. The standard InChI is InChI=1S/C42H50N8O5/c1-22(2)36(43)40(51)49-18-6-8-30(49)38-44-20-28(46-38)25-12-10-24(11-13-25)26-14-15-27(35-33-17-16-32(55-33)34(26)35)29-21-45-39(47-29)31-9-7-19-50(31)41(52)37(23(3)4)48-42(53)54-5/h10,12,14-17,20-23,30-31,36-37H,6-9,11,13,18-19,43H2,1-5H3,(H,44,46)(H,45,47)(H,48,53). The van der Waals surface area contributed by atoms with Crippen molar-refractivity contribution in [2.75, 3.05) is 20.2 Å². The van der Waals surface area contributed by atoms with Gasteiger partial charge in [-0.3, -0.25) is 9.59 Å². The van der Waals surface area contributed by atoms with Gasteiger partial charge in [-0.1, -0.05) is 52.0 Å². The van der Waals surface area contributed by atoms with E-state index in [1.807, 2.05) is 62.0 Å². The van der Waals surface area contributed by atoms with E-state index in [1.54, 1.807) is 0 Å². The number of hydrogen-bond donors (Lipinski definition) is 4. The number of carbonyl (C=O) groups excluding carboxylic acids is 3. The van der Waals surface area contributed by atoms with E-state index in [-0.39, 0.29) is 35.7 Å². The first-order valence-electron chi connectivity index (χ1n) is 19.5. The minimum Gasteiger partial charge on any atom is -0.456 e. The second kappa shape index (κ2) is 14.7. The topological polar surface area (TPSA) is 175 Å². The van der Waals surface area contributed by atoms with E-state index >= 15 is 0 Å². The van der Waals surface area contributed by atoms with Crippen molar-refractivity contribution in [1.29, 1.82) is 0 Å². The monoisotopic (exact) mass is 746 g/mol. The SMILES string of the molecule is COC(=O)NC(C(=O)N1CCCC1c1ncc(-c2ccc(C3=CC=C(c4cnc(C5CCCN5C(=O)C(N)C(C)C)[nH]4)CC3)c3c4ccc(o4)c23)[nH]1)C(C)C. The van der Waals surface area contributed by atoms with Gasteiger partial charge >= 0.3 is 6.09 Å². The van der Waals surface area contributed by atoms with Gasteiger partial charge in [-0.15, -0.1) is 0 Å². The van der Waals surface area contributed by atoms with Crippen molar-refractivity contribution < 1.29 is 23.5 Å². The summed E-state index contributed by atoms with van der Waals surface area (Å²) < 4.78 is 11.1. The summed E-state index contributed by atoms with van der Waals surface area (Å²) in [5, 5.41) is 4.83. The van der Waals surface area contributed by atoms with Crippen molar-refractivity contribution in [3.8, 4) is 11.3 Å². The highest BCUT2D eigenvalue weighted by Gasteiger charge is 2.38. The van der Waals surface area contributed by atoms with Crippen LogP contribution in [-0.2, 0) is 14.3 Å². The predicted octanol–water partition coefficient (Wildman–Crippen LogP) is 7.09. The van der Waals surface area contributed by atoms with Gasteiger partial charge in [-0.25, -0.2) is 14.8 Å². The third-order valence-corrected chi connectivity index (χ3v) is 11.7. The summed E-state index contributed by atoms with van der Waals surface area (Å²) in [7, 11) is 1.30. The van der Waals surface area contributed by atoms with Gasteiger partial charge in [-0.2, -0.15) is 0 Å². The molecule has 0 saturated carbocycles. The van der Waals surface area contributed by atoms with Crippen molar-refractivity contribution >= 4 is 51.0 Å². The molecule has 55 heavy (non-hydrogen) atoms. The Balaban J connectivity index is 1.04. The number of amides is 3. The Morgan fingerprint density at radius 2 is 1.36 bits per heavy atom. The molecule has 2 saturated heterocycles. The zero-order chi connectivity index (χ0) is 38.5. The highest BCUT2D eigenvalue weighted by atomic mass is 16.5. The number of furan rings is 2. The van der Waals surface area contributed by atoms with Gasteiger partial charge in [0.25, 0.3) is 0 Å². The van der Waals surface area contributed by atoms with Crippen LogP contribution in [0.2, 0.25) is 0 Å². The van der Waals surface area contributed by atoms with E-state index in [2.05, 4.69) is 39.6 Å². The molecule has 2 aliphatic heterocycles. The van der Waals surface area contributed by atoms with E-state index in [4.69, 9.17) is 24.9 Å². The zero-order valence-electron chi connectivity index (χ0n) is 32.1. The molecule has 0 radical (unpaired) electrons. The van der Waals surface area contributed by atoms with Crippen molar-refractivity contribution in [3.63, 3.8) is 0 Å². The number of nitrogens with zero attached hydrogens (tertiary/aromatic N) is 4. The van der Waals surface area contributed by atoms with Crippen LogP contribution in [0.1, 0.15) is 101 Å². The highest BCUT2D eigenvalue weighted by Crippen LogP contribution is 2.44. The molecule has 6 heterocycles. The summed E-state index contributed by atoms with van der Waals surface area (Å²) in [4.78, 5) is 59.2. The smallest absolute Gasteiger partial charge is 0.407 e. The molecule has 5 N–H and O–H groups in total. The number of alkyl carbamates (subject to hydrolysis) is 1. The summed E-state index contributed by atoms with van der Waals surface area (Å²) in [6.45, 7) is 9.07. The molecule has 288 valence electrons. The van der Waals surface area contributed by atoms with Crippen molar-refractivity contribution in [2.45, 2.75) is 90.4 Å². The van der Waals surface area contributed by atoms with Gasteiger partial charge in [-0.05, 0) is 79.2 Å². The molecule has 4 unspecified atom stereocenters. The van der Waals surface area contributed by atoms with Crippen LogP contribution >= 0.6 is 0 Å². The molecule has 13 heteroatoms. The van der Waals surface area contributed by atoms with Crippen LogP contribution in [0.25, 0.3) is 44.3 Å². The number of carbonyl (C=O) groups is 3. The number of aromatic amines is 2. The van der Waals surface area contributed by atoms with Crippen LogP contribution in [0.15, 0.2) is 53.2 Å². The lowest BCUT2D eigenvalue weighted by Crippen LogP contribution is -2.51. The molecule has 3 aliphatic rings. The number of H-pyrrole nitrogens is 2. The number of benzene rings is 2. The Morgan fingerprint density at radius 1 is 0.800 bits per heavy atom. The number of methoxy groups -OCH3 is 1. The van der Waals surface area contributed by atoms with E-state index in [1.165, 1.54) is 18.3 Å². The molecule has 13 nitrogen and oxygen atoms in total. The molecule has 4 atom stereocenters. The summed E-state index contributed by atoms with van der Waals surface area (Å²) >= 11 is 0. The molecular formula is C42H50N8O5. The number of rotatable bonds is 10. The zero-order valence-corrected chi connectivity index (χ0v) is 32.1. The fourth-order valence-corrected chi connectivity index (χ4v) is 8.60. The normalized spacial score (nSPS) is 20.1. The van der Waals surface area contributed by atoms with E-state index in [9.17, 15) is 14.4 Å². The van der Waals surface area contributed by atoms with Gasteiger partial charge in [0.2, 0.25) is 11.8 Å². The van der Waals surface area contributed by atoms with E-state index < -0.39 is 18.2 Å². The number of ether oxygens (including phenoxy) is 1. The number of hydrogen-bond acceptors (Lipinski definition) is 8. The van der Waals surface area contributed by atoms with Crippen molar-refractivity contribution in [3.05, 3.63) is 71.7 Å². The largest absolute Gasteiger partial charge is 0.456 e. The lowest BCUT2D eigenvalue weighted by Gasteiger charge is -2.30. The molecule has 5 aromatic rings. The number of imidazole rings is 2. The van der Waals surface area contributed by atoms with Crippen LogP contribution in [0, 0.1) is 11.8 Å². The van der Waals surface area contributed by atoms with E-state index in [0.29, 0.717) is 13.1 Å². The van der Waals surface area contributed by atoms with Crippen LogP contribution in [0.4, 0.5) is 4.79 Å². The Kier molecular flexibility index (Phi) is 9.74. The van der Waals surface area contributed by atoms with Crippen LogP contribution in [0.5, 0.6) is 0 Å². The maximum Gasteiger partial charge on any atom is 0.407 e. The maximum atomic E-state index is 13.7. The lowest BCUT2D eigenvalue weighted by atomic mass is 9.88. The summed E-state index contributed by atoms with van der Waals surface area (Å²) in [5.41, 5.74) is 14.3. The number of allylic oxidation sites excluding steroid dienone is 4. The first-order chi connectivity index (χ1) is 26.5. The van der Waals surface area contributed by atoms with Crippen molar-refractivity contribution in [1.82, 2.24) is 35.1 Å². The van der Waals surface area contributed by atoms with Gasteiger partial charge in [0.05, 0.1) is 49.0 Å². The first-order valence-corrected chi connectivity index (χ1v) is 19.5. The second-order valence-electron chi connectivity index (χ2n) is 15.8. The summed E-state index contributed by atoms with van der Waals surface area (Å²) in [6.07, 6.45) is 12.6. The Hall–Kier alpha value is -5.43. The fourth-order valence-electron chi connectivity index (χ4n) is 8.60. The molecule has 1 aliphatic carbocycles. The quantitative estimate of drug-likeness (QED) is 0.117. The van der Waals surface area contributed by atoms with Crippen LogP contribution < -0.4 is 11.1 Å². The molecule has 2 bridgehead atoms. The van der Waals surface area contributed by atoms with E-state index in [0.717, 1.165) is 94.6 Å². The Bertz CT molecular complexity index is 2290. The predicted molar refractivity (Wildman–Crippen MR) is 211 cm³/mol. The minimum absolute atomic E-state index is 0.00595. The molecule has 1 aromatic carbocycles. The molecule has 2 fully saturated rings. The molecule has 3 amide bonds. The molecule has 0 spiro atoms. The average molecular weight is 747 g/mol. The van der Waals surface area contributed by atoms with Gasteiger partial charge in [0.15, 0.2) is 0 Å². The lowest BCUT2D eigenvalue weighted by molar-refractivity contribution is -0.136. The van der Waals surface area contributed by atoms with Gasteiger partial charge < -0.3 is 40.0 Å². The minimum atomic E-state index is -0.697. The third-order valence-electron chi connectivity index (χ3n) is 11.7. The molecule has 4 aromatic heterocycles. The van der Waals surface area contributed by atoms with Gasteiger partial charge in [0, 0.05) is 29.4 Å². The molecule has 8 rings (SSSR count). The first kappa shape index (κ1) is 36.5. The number of aromatic nitrogens is 4. The number of nitrogens with two attached hydrogens (primary N) is 1. The fraction of sp³-hybridized carbons (Fsp3) is 0.452. The average Bonchev–Trinajstić information content (AvgIpc) is 4.05. The van der Waals surface area contributed by atoms with Gasteiger partial charge in [0.1, 0.15) is 28.9 Å². The van der Waals surface area contributed by atoms with Crippen molar-refractivity contribution in [2.24, 2.45) is 17.6 Å². The summed E-state index contributed by atoms with van der Waals surface area (Å²) in [6, 6.07) is 6.82. The highest BCUT2D eigenvalue weighted by molar-refractivity contribution is 6.17. The third kappa shape index (κ3) is 6.58. The van der Waals surface area contributed by atoms with Crippen LogP contribution in [-0.4, -0.2) is 79.9 Å². The van der Waals surface area contributed by atoms with Crippen LogP contribution in [0.3, 0.4) is 0 Å². The summed E-state index contributed by atoms with van der Waals surface area (Å²) in [5.74, 6) is 1.36.